The number of hydrogen-bond donors (Lipinski definition) is 1. The number of nitrogens with one attached hydrogen (secondary N) is 1. The summed E-state index contributed by atoms with van der Waals surface area (Å²) in [4.78, 5) is 7.05. The van der Waals surface area contributed by atoms with Crippen LogP contribution < -0.4 is 14.8 Å². The van der Waals surface area contributed by atoms with E-state index in [4.69, 9.17) is 9.47 Å². The highest BCUT2D eigenvalue weighted by Gasteiger charge is 2.30. The van der Waals surface area contributed by atoms with Crippen molar-refractivity contribution in [3.8, 4) is 11.5 Å². The first-order chi connectivity index (χ1) is 13.3. The molecule has 0 bridgehead atoms. The second-order valence-electron chi connectivity index (χ2n) is 6.68. The lowest BCUT2D eigenvalue weighted by Crippen LogP contribution is -2.45. The van der Waals surface area contributed by atoms with Gasteiger partial charge in [0.15, 0.2) is 0 Å². The van der Waals surface area contributed by atoms with Crippen molar-refractivity contribution in [2.75, 3.05) is 40.4 Å². The first-order valence-corrected chi connectivity index (χ1v) is 9.33. The SMILES string of the molecule is COc1cccc(OC)c1C(c1ccnc2ccccc12)N1CCNCC1. The third-order valence-electron chi connectivity index (χ3n) is 5.23. The van der Waals surface area contributed by atoms with Crippen molar-refractivity contribution in [3.05, 3.63) is 65.9 Å². The first kappa shape index (κ1) is 17.8. The summed E-state index contributed by atoms with van der Waals surface area (Å²) in [5.41, 5.74) is 3.30. The van der Waals surface area contributed by atoms with E-state index in [0.29, 0.717) is 0 Å². The van der Waals surface area contributed by atoms with Crippen LogP contribution in [0.25, 0.3) is 10.9 Å². The summed E-state index contributed by atoms with van der Waals surface area (Å²) >= 11 is 0. The first-order valence-electron chi connectivity index (χ1n) is 9.33. The van der Waals surface area contributed by atoms with E-state index < -0.39 is 0 Å². The Morgan fingerprint density at radius 1 is 0.926 bits per heavy atom. The molecule has 0 spiro atoms. The number of nitrogens with zero attached hydrogens (tertiary/aromatic N) is 2. The van der Waals surface area contributed by atoms with Crippen molar-refractivity contribution < 1.29 is 9.47 Å². The van der Waals surface area contributed by atoms with E-state index in [1.54, 1.807) is 14.2 Å². The van der Waals surface area contributed by atoms with Crippen LogP contribution >= 0.6 is 0 Å². The number of aromatic nitrogens is 1. The molecule has 5 nitrogen and oxygen atoms in total. The van der Waals surface area contributed by atoms with Crippen LogP contribution in [0.1, 0.15) is 17.2 Å². The van der Waals surface area contributed by atoms with Crippen molar-refractivity contribution in [2.45, 2.75) is 6.04 Å². The Bertz CT molecular complexity index is 895. The van der Waals surface area contributed by atoms with E-state index in [1.165, 1.54) is 5.56 Å². The Hall–Kier alpha value is -2.63. The van der Waals surface area contributed by atoms with Gasteiger partial charge in [0.05, 0.1) is 31.3 Å². The van der Waals surface area contributed by atoms with E-state index in [1.807, 2.05) is 30.5 Å². The summed E-state index contributed by atoms with van der Waals surface area (Å²) in [5.74, 6) is 1.69. The van der Waals surface area contributed by atoms with Gasteiger partial charge in [-0.25, -0.2) is 0 Å². The largest absolute Gasteiger partial charge is 0.496 e. The van der Waals surface area contributed by atoms with Gasteiger partial charge in [-0.05, 0) is 29.8 Å². The van der Waals surface area contributed by atoms with Crippen LogP contribution in [0, 0.1) is 0 Å². The van der Waals surface area contributed by atoms with Gasteiger partial charge in [0.2, 0.25) is 0 Å². The monoisotopic (exact) mass is 363 g/mol. The summed E-state index contributed by atoms with van der Waals surface area (Å²) < 4.78 is 11.5. The van der Waals surface area contributed by atoms with Gasteiger partial charge in [0, 0.05) is 37.8 Å². The van der Waals surface area contributed by atoms with Crippen molar-refractivity contribution >= 4 is 10.9 Å². The molecule has 3 aromatic rings. The number of rotatable bonds is 5. The van der Waals surface area contributed by atoms with Crippen LogP contribution in [0.15, 0.2) is 54.7 Å². The van der Waals surface area contributed by atoms with Crippen LogP contribution in [0.5, 0.6) is 11.5 Å². The molecular formula is C22H25N3O2. The fourth-order valence-electron chi connectivity index (χ4n) is 3.98. The summed E-state index contributed by atoms with van der Waals surface area (Å²) in [6.07, 6.45) is 1.90. The normalized spacial score (nSPS) is 16.2. The number of methoxy groups -OCH3 is 2. The lowest BCUT2D eigenvalue weighted by atomic mass is 9.92. The average Bonchev–Trinajstić information content (AvgIpc) is 2.75. The van der Waals surface area contributed by atoms with Gasteiger partial charge in [-0.15, -0.1) is 0 Å². The molecule has 140 valence electrons. The average molecular weight is 363 g/mol. The fourth-order valence-corrected chi connectivity index (χ4v) is 3.98. The predicted molar refractivity (Wildman–Crippen MR) is 108 cm³/mol. The van der Waals surface area contributed by atoms with Gasteiger partial charge in [-0.3, -0.25) is 9.88 Å². The maximum absolute atomic E-state index is 5.76. The minimum absolute atomic E-state index is 0.0334. The fraction of sp³-hybridized carbons (Fsp3) is 0.318. The molecule has 1 saturated heterocycles. The second-order valence-corrected chi connectivity index (χ2v) is 6.68. The second kappa shape index (κ2) is 7.94. The summed E-state index contributed by atoms with van der Waals surface area (Å²) in [6.45, 7) is 3.86. The van der Waals surface area contributed by atoms with E-state index in [-0.39, 0.29) is 6.04 Å². The number of fused-ring (bicyclic) bond motifs is 1. The van der Waals surface area contributed by atoms with Gasteiger partial charge in [-0.2, -0.15) is 0 Å². The number of para-hydroxylation sites is 1. The molecule has 1 atom stereocenters. The lowest BCUT2D eigenvalue weighted by molar-refractivity contribution is 0.193. The Labute approximate surface area is 159 Å². The molecule has 0 saturated carbocycles. The minimum atomic E-state index is 0.0334. The molecule has 0 radical (unpaired) electrons. The zero-order valence-corrected chi connectivity index (χ0v) is 15.8. The third-order valence-corrected chi connectivity index (χ3v) is 5.23. The molecule has 1 unspecified atom stereocenters. The number of ether oxygens (including phenoxy) is 2. The summed E-state index contributed by atoms with van der Waals surface area (Å²) in [7, 11) is 3.44. The number of hydrogen-bond acceptors (Lipinski definition) is 5. The standard InChI is InChI=1S/C22H25N3O2/c1-26-19-8-5-9-20(27-2)21(19)22(25-14-12-23-13-15-25)17-10-11-24-18-7-4-3-6-16(17)18/h3-11,22-23H,12-15H2,1-2H3. The zero-order valence-electron chi connectivity index (χ0n) is 15.8. The predicted octanol–water partition coefficient (Wildman–Crippen LogP) is 3.25. The van der Waals surface area contributed by atoms with Crippen LogP contribution in [0.2, 0.25) is 0 Å². The summed E-state index contributed by atoms with van der Waals surface area (Å²) in [5, 5.41) is 4.61. The third kappa shape index (κ3) is 3.36. The van der Waals surface area contributed by atoms with E-state index in [0.717, 1.165) is 54.1 Å². The molecule has 1 aliphatic heterocycles. The summed E-state index contributed by atoms with van der Waals surface area (Å²) in [6, 6.07) is 16.5. The van der Waals surface area contributed by atoms with Crippen LogP contribution in [-0.2, 0) is 0 Å². The van der Waals surface area contributed by atoms with Crippen molar-refractivity contribution in [1.29, 1.82) is 0 Å². The highest BCUT2D eigenvalue weighted by Crippen LogP contribution is 2.42. The minimum Gasteiger partial charge on any atom is -0.496 e. The number of benzene rings is 2. The van der Waals surface area contributed by atoms with Crippen molar-refractivity contribution in [2.24, 2.45) is 0 Å². The smallest absolute Gasteiger partial charge is 0.127 e. The Kier molecular flexibility index (Phi) is 5.23. The molecule has 1 aromatic heterocycles. The van der Waals surface area contributed by atoms with E-state index >= 15 is 0 Å². The highest BCUT2D eigenvalue weighted by molar-refractivity contribution is 5.83. The molecule has 1 fully saturated rings. The molecule has 0 aliphatic carbocycles. The maximum atomic E-state index is 5.76. The number of pyridine rings is 1. The van der Waals surface area contributed by atoms with Crippen molar-refractivity contribution in [1.82, 2.24) is 15.2 Å². The Balaban J connectivity index is 1.96. The Morgan fingerprint density at radius 3 is 2.33 bits per heavy atom. The zero-order chi connectivity index (χ0) is 18.6. The van der Waals surface area contributed by atoms with Crippen LogP contribution in [0.3, 0.4) is 0 Å². The molecule has 27 heavy (non-hydrogen) atoms. The molecule has 0 amide bonds. The molecule has 1 N–H and O–H groups in total. The molecule has 5 heteroatoms. The van der Waals surface area contributed by atoms with Gasteiger partial charge in [0.25, 0.3) is 0 Å². The van der Waals surface area contributed by atoms with E-state index in [2.05, 4.69) is 39.5 Å². The Morgan fingerprint density at radius 2 is 1.63 bits per heavy atom. The highest BCUT2D eigenvalue weighted by atomic mass is 16.5. The number of piperazine rings is 1. The van der Waals surface area contributed by atoms with Gasteiger partial charge in [0.1, 0.15) is 11.5 Å². The van der Waals surface area contributed by atoms with Crippen molar-refractivity contribution in [3.63, 3.8) is 0 Å². The molecule has 1 aliphatic rings. The van der Waals surface area contributed by atoms with Crippen LogP contribution in [-0.4, -0.2) is 50.3 Å². The molecule has 2 heterocycles. The van der Waals surface area contributed by atoms with Gasteiger partial charge < -0.3 is 14.8 Å². The maximum Gasteiger partial charge on any atom is 0.127 e. The molecular weight excluding hydrogens is 338 g/mol. The van der Waals surface area contributed by atoms with E-state index in [9.17, 15) is 0 Å². The van der Waals surface area contributed by atoms with Gasteiger partial charge in [-0.1, -0.05) is 24.3 Å². The lowest BCUT2D eigenvalue weighted by Gasteiger charge is -2.37. The topological polar surface area (TPSA) is 46.6 Å². The van der Waals surface area contributed by atoms with Crippen LogP contribution in [0.4, 0.5) is 0 Å². The van der Waals surface area contributed by atoms with Gasteiger partial charge >= 0.3 is 0 Å². The quantitative estimate of drug-likeness (QED) is 0.754. The molecule has 4 rings (SSSR count). The molecule has 2 aromatic carbocycles.